The quantitative estimate of drug-likeness (QED) is 0.290. The number of aliphatic imine (C=N–C) groups is 1. The summed E-state index contributed by atoms with van der Waals surface area (Å²) in [6, 6.07) is 9.75. The van der Waals surface area contributed by atoms with Gasteiger partial charge in [0.1, 0.15) is 5.60 Å². The Morgan fingerprint density at radius 2 is 2.00 bits per heavy atom. The topological polar surface area (TPSA) is 59.9 Å². The molecule has 0 bridgehead atoms. The van der Waals surface area contributed by atoms with Crippen molar-refractivity contribution in [2.24, 2.45) is 16.8 Å². The molecule has 6 heteroatoms. The van der Waals surface area contributed by atoms with Crippen LogP contribution in [0.1, 0.15) is 46.1 Å². The molecule has 1 aliphatic heterocycles. The Morgan fingerprint density at radius 1 is 1.29 bits per heavy atom. The number of aliphatic hydroxyl groups is 1. The summed E-state index contributed by atoms with van der Waals surface area (Å²) in [5.41, 5.74) is -0.0797. The lowest BCUT2D eigenvalue weighted by molar-refractivity contribution is 0.0672. The molecular formula is C22H39IN4O. The number of piperidine rings is 1. The summed E-state index contributed by atoms with van der Waals surface area (Å²) in [4.78, 5) is 7.23. The minimum atomic E-state index is -0.970. The zero-order valence-electron chi connectivity index (χ0n) is 17.9. The van der Waals surface area contributed by atoms with Crippen molar-refractivity contribution in [1.29, 1.82) is 0 Å². The minimum absolute atomic E-state index is 0. The number of likely N-dealkylation sites (tertiary alicyclic amines) is 1. The van der Waals surface area contributed by atoms with Crippen molar-refractivity contribution in [1.82, 2.24) is 15.5 Å². The predicted molar refractivity (Wildman–Crippen MR) is 129 cm³/mol. The number of hydrogen-bond donors (Lipinski definition) is 3. The van der Waals surface area contributed by atoms with Crippen LogP contribution >= 0.6 is 24.0 Å². The average Bonchev–Trinajstić information content (AvgIpc) is 2.64. The first kappa shape index (κ1) is 25.2. The van der Waals surface area contributed by atoms with E-state index in [0.717, 1.165) is 37.1 Å². The SMILES string of the molecule is CCNC(=NCC(C)(O)c1ccccc1)NCC1CCCN(CC(C)C)C1.I. The number of rotatable bonds is 8. The third-order valence-corrected chi connectivity index (χ3v) is 5.07. The van der Waals surface area contributed by atoms with Crippen LogP contribution in [0.4, 0.5) is 0 Å². The Hall–Kier alpha value is -0.860. The second-order valence-electron chi connectivity index (χ2n) is 8.38. The molecule has 1 fully saturated rings. The van der Waals surface area contributed by atoms with Gasteiger partial charge < -0.3 is 20.6 Å². The summed E-state index contributed by atoms with van der Waals surface area (Å²) in [6.45, 7) is 14.1. The van der Waals surface area contributed by atoms with Crippen LogP contribution in [0, 0.1) is 11.8 Å². The molecule has 2 atom stereocenters. The standard InChI is InChI=1S/C22H38N4O.HI/c1-5-23-21(25-17-22(4,27)20-11-7-6-8-12-20)24-14-19-10-9-13-26(16-19)15-18(2)3;/h6-8,11-12,18-19,27H,5,9-10,13-17H2,1-4H3,(H2,23,24,25);1H. The highest BCUT2D eigenvalue weighted by molar-refractivity contribution is 14.0. The van der Waals surface area contributed by atoms with Crippen molar-refractivity contribution in [3.63, 3.8) is 0 Å². The summed E-state index contributed by atoms with van der Waals surface area (Å²) in [6.07, 6.45) is 2.54. The van der Waals surface area contributed by atoms with Crippen LogP contribution in [0.25, 0.3) is 0 Å². The zero-order valence-corrected chi connectivity index (χ0v) is 20.3. The maximum atomic E-state index is 10.8. The highest BCUT2D eigenvalue weighted by atomic mass is 127. The van der Waals surface area contributed by atoms with E-state index in [2.05, 4.69) is 41.3 Å². The molecule has 1 aliphatic rings. The van der Waals surface area contributed by atoms with Crippen LogP contribution in [-0.2, 0) is 5.60 Å². The van der Waals surface area contributed by atoms with Crippen LogP contribution in [0.2, 0.25) is 0 Å². The van der Waals surface area contributed by atoms with Gasteiger partial charge in [0.2, 0.25) is 0 Å². The smallest absolute Gasteiger partial charge is 0.191 e. The molecule has 160 valence electrons. The van der Waals surface area contributed by atoms with Gasteiger partial charge in [-0.2, -0.15) is 0 Å². The van der Waals surface area contributed by atoms with E-state index in [1.165, 1.54) is 25.9 Å². The first-order chi connectivity index (χ1) is 12.9. The number of guanidine groups is 1. The normalized spacial score (nSPS) is 20.4. The Balaban J connectivity index is 0.00000392. The van der Waals surface area contributed by atoms with Crippen molar-refractivity contribution in [2.75, 3.05) is 39.3 Å². The minimum Gasteiger partial charge on any atom is -0.384 e. The average molecular weight is 502 g/mol. The fourth-order valence-electron chi connectivity index (χ4n) is 3.70. The first-order valence-corrected chi connectivity index (χ1v) is 10.4. The third-order valence-electron chi connectivity index (χ3n) is 5.07. The van der Waals surface area contributed by atoms with Crippen molar-refractivity contribution in [3.8, 4) is 0 Å². The van der Waals surface area contributed by atoms with Gasteiger partial charge in [0.05, 0.1) is 6.54 Å². The van der Waals surface area contributed by atoms with E-state index in [-0.39, 0.29) is 24.0 Å². The van der Waals surface area contributed by atoms with E-state index in [1.807, 2.05) is 37.3 Å². The molecule has 5 nitrogen and oxygen atoms in total. The van der Waals surface area contributed by atoms with E-state index in [1.54, 1.807) is 0 Å². The zero-order chi connectivity index (χ0) is 19.7. The molecule has 3 N–H and O–H groups in total. The van der Waals surface area contributed by atoms with Gasteiger partial charge in [-0.15, -0.1) is 24.0 Å². The molecule has 1 aromatic rings. The van der Waals surface area contributed by atoms with Crippen molar-refractivity contribution >= 4 is 29.9 Å². The van der Waals surface area contributed by atoms with E-state index >= 15 is 0 Å². The first-order valence-electron chi connectivity index (χ1n) is 10.4. The lowest BCUT2D eigenvalue weighted by Crippen LogP contribution is -2.45. The predicted octanol–water partition coefficient (Wildman–Crippen LogP) is 3.44. The second-order valence-corrected chi connectivity index (χ2v) is 8.38. The van der Waals surface area contributed by atoms with Crippen LogP contribution < -0.4 is 10.6 Å². The molecular weight excluding hydrogens is 463 g/mol. The van der Waals surface area contributed by atoms with Gasteiger partial charge in [0.25, 0.3) is 0 Å². The highest BCUT2D eigenvalue weighted by Crippen LogP contribution is 2.20. The summed E-state index contributed by atoms with van der Waals surface area (Å²) < 4.78 is 0. The molecule has 0 radical (unpaired) electrons. The number of nitrogens with zero attached hydrogens (tertiary/aromatic N) is 2. The molecule has 1 aromatic carbocycles. The second kappa shape index (κ2) is 12.6. The molecule has 2 unspecified atom stereocenters. The fraction of sp³-hybridized carbons (Fsp3) is 0.682. The molecule has 0 amide bonds. The van der Waals surface area contributed by atoms with Gasteiger partial charge >= 0.3 is 0 Å². The van der Waals surface area contributed by atoms with Crippen molar-refractivity contribution in [3.05, 3.63) is 35.9 Å². The van der Waals surface area contributed by atoms with E-state index < -0.39 is 5.60 Å². The summed E-state index contributed by atoms with van der Waals surface area (Å²) in [5, 5.41) is 17.6. The van der Waals surface area contributed by atoms with Crippen LogP contribution in [-0.4, -0.2) is 55.2 Å². The molecule has 2 rings (SSSR count). The maximum Gasteiger partial charge on any atom is 0.191 e. The van der Waals surface area contributed by atoms with Gasteiger partial charge in [-0.25, -0.2) is 4.99 Å². The van der Waals surface area contributed by atoms with E-state index in [9.17, 15) is 5.11 Å². The van der Waals surface area contributed by atoms with Crippen LogP contribution in [0.3, 0.4) is 0 Å². The monoisotopic (exact) mass is 502 g/mol. The van der Waals surface area contributed by atoms with Gasteiger partial charge in [-0.05, 0) is 50.6 Å². The largest absolute Gasteiger partial charge is 0.384 e. The Bertz CT molecular complexity index is 577. The summed E-state index contributed by atoms with van der Waals surface area (Å²) >= 11 is 0. The molecule has 0 aromatic heterocycles. The number of nitrogens with one attached hydrogen (secondary N) is 2. The molecule has 1 saturated heterocycles. The van der Waals surface area contributed by atoms with Crippen molar-refractivity contribution < 1.29 is 5.11 Å². The fourth-order valence-corrected chi connectivity index (χ4v) is 3.70. The van der Waals surface area contributed by atoms with Crippen LogP contribution in [0.5, 0.6) is 0 Å². The molecule has 28 heavy (non-hydrogen) atoms. The lowest BCUT2D eigenvalue weighted by atomic mass is 9.96. The van der Waals surface area contributed by atoms with E-state index in [4.69, 9.17) is 0 Å². The Labute approximate surface area is 188 Å². The molecule has 0 spiro atoms. The van der Waals surface area contributed by atoms with Gasteiger partial charge in [0, 0.05) is 26.2 Å². The Morgan fingerprint density at radius 3 is 2.64 bits per heavy atom. The van der Waals surface area contributed by atoms with Gasteiger partial charge in [-0.3, -0.25) is 0 Å². The lowest BCUT2D eigenvalue weighted by Gasteiger charge is -2.34. The molecule has 1 heterocycles. The highest BCUT2D eigenvalue weighted by Gasteiger charge is 2.23. The summed E-state index contributed by atoms with van der Waals surface area (Å²) in [7, 11) is 0. The molecule has 0 aliphatic carbocycles. The van der Waals surface area contributed by atoms with Gasteiger partial charge in [-0.1, -0.05) is 44.2 Å². The van der Waals surface area contributed by atoms with Gasteiger partial charge in [0.15, 0.2) is 5.96 Å². The maximum absolute atomic E-state index is 10.8. The molecule has 0 saturated carbocycles. The number of benzene rings is 1. The van der Waals surface area contributed by atoms with Crippen LogP contribution in [0.15, 0.2) is 35.3 Å². The Kier molecular flexibility index (Phi) is 11.4. The third kappa shape index (κ3) is 8.66. The van der Waals surface area contributed by atoms with E-state index in [0.29, 0.717) is 12.5 Å². The van der Waals surface area contributed by atoms with Crippen molar-refractivity contribution in [2.45, 2.75) is 46.1 Å². The summed E-state index contributed by atoms with van der Waals surface area (Å²) in [5.74, 6) is 2.15. The number of halogens is 1. The number of hydrogen-bond acceptors (Lipinski definition) is 3.